The molecule has 0 saturated carbocycles. The van der Waals surface area contributed by atoms with E-state index < -0.39 is 10.0 Å². The number of benzene rings is 1. The Bertz CT molecular complexity index is 628. The van der Waals surface area contributed by atoms with Gasteiger partial charge in [0.2, 0.25) is 15.9 Å². The minimum Gasteiger partial charge on any atom is -0.494 e. The molecule has 1 atom stereocenters. The van der Waals surface area contributed by atoms with E-state index in [1.165, 1.54) is 0 Å². The number of nitrogens with zero attached hydrogens (tertiary/aromatic N) is 1. The fraction of sp³-hybridized carbons (Fsp3) is 0.562. The van der Waals surface area contributed by atoms with E-state index in [9.17, 15) is 13.2 Å². The number of ether oxygens (including phenoxy) is 1. The maximum atomic E-state index is 12.2. The number of amides is 1. The molecule has 0 spiro atoms. The first kappa shape index (κ1) is 17.7. The van der Waals surface area contributed by atoms with Crippen LogP contribution >= 0.6 is 0 Å². The zero-order chi connectivity index (χ0) is 16.9. The average Bonchev–Trinajstić information content (AvgIpc) is 2.88. The number of anilines is 1. The molecule has 0 bridgehead atoms. The van der Waals surface area contributed by atoms with Gasteiger partial charge in [-0.05, 0) is 43.5 Å². The van der Waals surface area contributed by atoms with Gasteiger partial charge in [0, 0.05) is 25.2 Å². The Labute approximate surface area is 137 Å². The van der Waals surface area contributed by atoms with E-state index in [1.54, 1.807) is 4.90 Å². The molecule has 23 heavy (non-hydrogen) atoms. The first-order valence-electron chi connectivity index (χ1n) is 7.95. The van der Waals surface area contributed by atoms with Gasteiger partial charge in [-0.25, -0.2) is 13.1 Å². The van der Waals surface area contributed by atoms with Gasteiger partial charge in [0.25, 0.3) is 0 Å². The number of rotatable bonds is 8. The van der Waals surface area contributed by atoms with Crippen LogP contribution < -0.4 is 14.4 Å². The van der Waals surface area contributed by atoms with Crippen molar-refractivity contribution in [2.45, 2.75) is 26.7 Å². The van der Waals surface area contributed by atoms with Gasteiger partial charge in [-0.15, -0.1) is 0 Å². The van der Waals surface area contributed by atoms with Gasteiger partial charge in [-0.3, -0.25) is 4.79 Å². The molecule has 1 fully saturated rings. The van der Waals surface area contributed by atoms with Crippen LogP contribution in [0.5, 0.6) is 5.75 Å². The third-order valence-electron chi connectivity index (χ3n) is 3.73. The minimum absolute atomic E-state index is 0.000648. The van der Waals surface area contributed by atoms with Crippen LogP contribution in [0.25, 0.3) is 0 Å². The van der Waals surface area contributed by atoms with Crippen LogP contribution in [0.1, 0.15) is 26.7 Å². The third-order valence-corrected chi connectivity index (χ3v) is 5.28. The number of hydrogen-bond acceptors (Lipinski definition) is 4. The number of carbonyl (C=O) groups excluding carboxylic acids is 1. The molecule has 2 rings (SSSR count). The molecule has 1 aliphatic heterocycles. The van der Waals surface area contributed by atoms with Crippen molar-refractivity contribution in [1.82, 2.24) is 4.72 Å². The molecule has 128 valence electrons. The van der Waals surface area contributed by atoms with E-state index in [0.29, 0.717) is 32.5 Å². The van der Waals surface area contributed by atoms with E-state index in [4.69, 9.17) is 4.74 Å². The normalized spacial score (nSPS) is 18.4. The van der Waals surface area contributed by atoms with Crippen molar-refractivity contribution in [1.29, 1.82) is 0 Å². The molecule has 1 N–H and O–H groups in total. The molecular weight excluding hydrogens is 316 g/mol. The Hall–Kier alpha value is -1.60. The molecule has 1 saturated heterocycles. The maximum Gasteiger partial charge on any atom is 0.227 e. The monoisotopic (exact) mass is 340 g/mol. The van der Waals surface area contributed by atoms with E-state index in [2.05, 4.69) is 4.72 Å². The molecular formula is C16H24N2O4S. The molecule has 0 aromatic heterocycles. The molecule has 7 heteroatoms. The zero-order valence-electron chi connectivity index (χ0n) is 13.6. The van der Waals surface area contributed by atoms with Gasteiger partial charge >= 0.3 is 0 Å². The fourth-order valence-corrected chi connectivity index (χ4v) is 3.81. The Balaban J connectivity index is 1.94. The van der Waals surface area contributed by atoms with Gasteiger partial charge in [0.1, 0.15) is 5.75 Å². The van der Waals surface area contributed by atoms with Crippen molar-refractivity contribution in [3.63, 3.8) is 0 Å². The highest BCUT2D eigenvalue weighted by atomic mass is 32.2. The molecule has 1 aromatic rings. The summed E-state index contributed by atoms with van der Waals surface area (Å²) in [4.78, 5) is 13.9. The quantitative estimate of drug-likeness (QED) is 0.782. The Morgan fingerprint density at radius 2 is 1.96 bits per heavy atom. The summed E-state index contributed by atoms with van der Waals surface area (Å²) in [6.07, 6.45) is 0.944. The second-order valence-corrected chi connectivity index (χ2v) is 7.60. The molecule has 1 amide bonds. The number of hydrogen-bond donors (Lipinski definition) is 1. The lowest BCUT2D eigenvalue weighted by Gasteiger charge is -2.17. The predicted octanol–water partition coefficient (Wildman–Crippen LogP) is 1.77. The Kier molecular flexibility index (Phi) is 6.01. The lowest BCUT2D eigenvalue weighted by molar-refractivity contribution is -0.117. The summed E-state index contributed by atoms with van der Waals surface area (Å²) in [6.45, 7) is 5.18. The SMILES string of the molecule is CCCS(=O)(=O)NC[C@@H]1CC(=O)N(c2ccc(OCC)cc2)C1. The standard InChI is InChI=1S/C16H24N2O4S/c1-3-9-23(20,21)17-11-13-10-16(19)18(12-13)14-5-7-15(8-6-14)22-4-2/h5-8,13,17H,3-4,9-12H2,1-2H3/t13-/m0/s1. The van der Waals surface area contributed by atoms with E-state index in [0.717, 1.165) is 11.4 Å². The zero-order valence-corrected chi connectivity index (χ0v) is 14.4. The molecule has 0 aliphatic carbocycles. The van der Waals surface area contributed by atoms with Crippen molar-refractivity contribution in [2.24, 2.45) is 5.92 Å². The van der Waals surface area contributed by atoms with Crippen molar-refractivity contribution in [2.75, 3.05) is 30.3 Å². The predicted molar refractivity (Wildman–Crippen MR) is 90.2 cm³/mol. The van der Waals surface area contributed by atoms with Gasteiger partial charge in [0.15, 0.2) is 0 Å². The van der Waals surface area contributed by atoms with Crippen molar-refractivity contribution in [3.05, 3.63) is 24.3 Å². The maximum absolute atomic E-state index is 12.2. The first-order chi connectivity index (χ1) is 10.9. The number of carbonyl (C=O) groups is 1. The van der Waals surface area contributed by atoms with Crippen molar-refractivity contribution < 1.29 is 17.9 Å². The van der Waals surface area contributed by atoms with Crippen molar-refractivity contribution in [3.8, 4) is 5.75 Å². The first-order valence-corrected chi connectivity index (χ1v) is 9.61. The molecule has 6 nitrogen and oxygen atoms in total. The van der Waals surface area contributed by atoms with Crippen LogP contribution in [0.2, 0.25) is 0 Å². The lowest BCUT2D eigenvalue weighted by Crippen LogP contribution is -2.32. The van der Waals surface area contributed by atoms with Gasteiger partial charge < -0.3 is 9.64 Å². The summed E-state index contributed by atoms with van der Waals surface area (Å²) in [6, 6.07) is 7.38. The molecule has 0 radical (unpaired) electrons. The van der Waals surface area contributed by atoms with Gasteiger partial charge in [-0.1, -0.05) is 6.92 Å². The van der Waals surface area contributed by atoms with E-state index in [1.807, 2.05) is 38.1 Å². The number of sulfonamides is 1. The van der Waals surface area contributed by atoms with Gasteiger partial charge in [0.05, 0.1) is 12.4 Å². The highest BCUT2D eigenvalue weighted by molar-refractivity contribution is 7.89. The highest BCUT2D eigenvalue weighted by Crippen LogP contribution is 2.26. The van der Waals surface area contributed by atoms with Crippen LogP contribution in [0.3, 0.4) is 0 Å². The van der Waals surface area contributed by atoms with Crippen LogP contribution in [0, 0.1) is 5.92 Å². The van der Waals surface area contributed by atoms with Crippen LogP contribution in [0.15, 0.2) is 24.3 Å². The van der Waals surface area contributed by atoms with E-state index >= 15 is 0 Å². The summed E-state index contributed by atoms with van der Waals surface area (Å²) >= 11 is 0. The van der Waals surface area contributed by atoms with Crippen LogP contribution in [-0.2, 0) is 14.8 Å². The summed E-state index contributed by atoms with van der Waals surface area (Å²) in [5, 5.41) is 0. The van der Waals surface area contributed by atoms with Crippen LogP contribution in [0.4, 0.5) is 5.69 Å². The third kappa shape index (κ3) is 4.94. The Morgan fingerprint density at radius 3 is 2.57 bits per heavy atom. The second kappa shape index (κ2) is 7.79. The lowest BCUT2D eigenvalue weighted by atomic mass is 10.1. The summed E-state index contributed by atoms with van der Waals surface area (Å²) < 4.78 is 31.4. The second-order valence-electron chi connectivity index (χ2n) is 5.67. The fourth-order valence-electron chi connectivity index (χ4n) is 2.64. The molecule has 1 heterocycles. The van der Waals surface area contributed by atoms with E-state index in [-0.39, 0.29) is 17.6 Å². The van der Waals surface area contributed by atoms with Gasteiger partial charge in [-0.2, -0.15) is 0 Å². The molecule has 0 unspecified atom stereocenters. The van der Waals surface area contributed by atoms with Crippen LogP contribution in [-0.4, -0.2) is 39.8 Å². The largest absolute Gasteiger partial charge is 0.494 e. The smallest absolute Gasteiger partial charge is 0.227 e. The Morgan fingerprint density at radius 1 is 1.26 bits per heavy atom. The van der Waals surface area contributed by atoms with Crippen molar-refractivity contribution >= 4 is 21.6 Å². The average molecular weight is 340 g/mol. The summed E-state index contributed by atoms with van der Waals surface area (Å²) in [5.41, 5.74) is 0.817. The topological polar surface area (TPSA) is 75.7 Å². The minimum atomic E-state index is -3.23. The number of nitrogens with one attached hydrogen (secondary N) is 1. The molecule has 1 aromatic carbocycles. The summed E-state index contributed by atoms with van der Waals surface area (Å²) in [5.74, 6) is 0.914. The molecule has 1 aliphatic rings. The summed E-state index contributed by atoms with van der Waals surface area (Å²) in [7, 11) is -3.23. The highest BCUT2D eigenvalue weighted by Gasteiger charge is 2.31.